The first-order valence-corrected chi connectivity index (χ1v) is 7.60. The van der Waals surface area contributed by atoms with Crippen molar-refractivity contribution in [2.75, 3.05) is 0 Å². The Morgan fingerprint density at radius 3 is 2.50 bits per heavy atom. The molecule has 0 fully saturated rings. The van der Waals surface area contributed by atoms with E-state index in [-0.39, 0.29) is 12.8 Å². The third-order valence-electron chi connectivity index (χ3n) is 3.32. The monoisotopic (exact) mass is 345 g/mol. The van der Waals surface area contributed by atoms with Gasteiger partial charge in [0.1, 0.15) is 0 Å². The van der Waals surface area contributed by atoms with E-state index in [1.54, 1.807) is 24.3 Å². The third-order valence-corrected chi connectivity index (χ3v) is 3.72. The van der Waals surface area contributed by atoms with Crippen molar-refractivity contribution >= 4 is 29.2 Å². The lowest BCUT2D eigenvalue weighted by atomic mass is 10.0. The van der Waals surface area contributed by atoms with Gasteiger partial charge in [0.2, 0.25) is 0 Å². The Morgan fingerprint density at radius 1 is 1.17 bits per heavy atom. The SMILES string of the molecule is Cc1ccc(/C(CCC(=O)O)=N/NC(=O)c2ccncc2)cc1Cl. The summed E-state index contributed by atoms with van der Waals surface area (Å²) in [5, 5.41) is 13.5. The minimum atomic E-state index is -0.943. The Bertz CT molecular complexity index is 776. The standard InChI is InChI=1S/C17H16ClN3O3/c1-11-2-3-13(10-14(11)18)15(4-5-16(22)23)20-21-17(24)12-6-8-19-9-7-12/h2-3,6-10H,4-5H2,1H3,(H,21,24)(H,22,23)/b20-15+. The van der Waals surface area contributed by atoms with Gasteiger partial charge in [-0.15, -0.1) is 0 Å². The average molecular weight is 346 g/mol. The predicted molar refractivity (Wildman–Crippen MR) is 91.3 cm³/mol. The number of hydrogen-bond donors (Lipinski definition) is 2. The number of aryl methyl sites for hydroxylation is 1. The molecule has 2 rings (SSSR count). The van der Waals surface area contributed by atoms with Gasteiger partial charge in [0.25, 0.3) is 5.91 Å². The fraction of sp³-hybridized carbons (Fsp3) is 0.176. The minimum Gasteiger partial charge on any atom is -0.481 e. The number of carboxylic acids is 1. The largest absolute Gasteiger partial charge is 0.481 e. The number of amides is 1. The van der Waals surface area contributed by atoms with Gasteiger partial charge in [-0.05, 0) is 36.2 Å². The zero-order valence-electron chi connectivity index (χ0n) is 13.0. The summed E-state index contributed by atoms with van der Waals surface area (Å²) in [6, 6.07) is 8.43. The van der Waals surface area contributed by atoms with Crippen molar-refractivity contribution < 1.29 is 14.7 Å². The second-order valence-electron chi connectivity index (χ2n) is 5.09. The molecule has 0 saturated carbocycles. The molecule has 0 aliphatic heterocycles. The fourth-order valence-electron chi connectivity index (χ4n) is 1.95. The number of halogens is 1. The van der Waals surface area contributed by atoms with Gasteiger partial charge in [-0.2, -0.15) is 5.10 Å². The lowest BCUT2D eigenvalue weighted by Crippen LogP contribution is -2.20. The third kappa shape index (κ3) is 4.89. The molecule has 1 amide bonds. The second-order valence-corrected chi connectivity index (χ2v) is 5.50. The van der Waals surface area contributed by atoms with Crippen LogP contribution in [-0.2, 0) is 4.79 Å². The van der Waals surface area contributed by atoms with Gasteiger partial charge in [-0.3, -0.25) is 14.6 Å². The zero-order valence-corrected chi connectivity index (χ0v) is 13.7. The van der Waals surface area contributed by atoms with Crippen LogP contribution < -0.4 is 5.43 Å². The maximum absolute atomic E-state index is 12.1. The molecule has 0 unspecified atom stereocenters. The molecule has 6 nitrogen and oxygen atoms in total. The smallest absolute Gasteiger partial charge is 0.303 e. The molecule has 0 bridgehead atoms. The zero-order chi connectivity index (χ0) is 17.5. The molecule has 1 heterocycles. The van der Waals surface area contributed by atoms with Gasteiger partial charge in [0, 0.05) is 29.4 Å². The van der Waals surface area contributed by atoms with Crippen LogP contribution in [0.25, 0.3) is 0 Å². The average Bonchev–Trinajstić information content (AvgIpc) is 2.58. The van der Waals surface area contributed by atoms with Crippen molar-refractivity contribution in [1.29, 1.82) is 0 Å². The molecule has 2 aromatic rings. The molecule has 1 aromatic heterocycles. The molecule has 7 heteroatoms. The van der Waals surface area contributed by atoms with E-state index in [1.165, 1.54) is 12.4 Å². The Hall–Kier alpha value is -2.73. The molecule has 0 aliphatic rings. The van der Waals surface area contributed by atoms with Crippen LogP contribution in [0.5, 0.6) is 0 Å². The summed E-state index contributed by atoms with van der Waals surface area (Å²) in [4.78, 5) is 26.7. The summed E-state index contributed by atoms with van der Waals surface area (Å²) >= 11 is 6.11. The number of nitrogens with zero attached hydrogens (tertiary/aromatic N) is 2. The number of hydrazone groups is 1. The Kier molecular flexibility index (Phi) is 6.03. The van der Waals surface area contributed by atoms with Crippen molar-refractivity contribution in [3.05, 3.63) is 64.4 Å². The maximum atomic E-state index is 12.1. The van der Waals surface area contributed by atoms with Crippen molar-refractivity contribution in [2.24, 2.45) is 5.10 Å². The van der Waals surface area contributed by atoms with Crippen LogP contribution in [0.2, 0.25) is 5.02 Å². The highest BCUT2D eigenvalue weighted by Gasteiger charge is 2.10. The molecule has 124 valence electrons. The van der Waals surface area contributed by atoms with Crippen molar-refractivity contribution in [1.82, 2.24) is 10.4 Å². The minimum absolute atomic E-state index is 0.102. The molecule has 0 radical (unpaired) electrons. The normalized spacial score (nSPS) is 11.2. The van der Waals surface area contributed by atoms with Crippen LogP contribution in [0, 0.1) is 6.92 Å². The molecule has 24 heavy (non-hydrogen) atoms. The van der Waals surface area contributed by atoms with Gasteiger partial charge in [-0.1, -0.05) is 23.7 Å². The summed E-state index contributed by atoms with van der Waals surface area (Å²) in [5.41, 5.74) is 4.87. The topological polar surface area (TPSA) is 91.6 Å². The fourth-order valence-corrected chi connectivity index (χ4v) is 2.13. The molecular formula is C17H16ClN3O3. The second kappa shape index (κ2) is 8.21. The Labute approximate surface area is 144 Å². The van der Waals surface area contributed by atoms with E-state index in [4.69, 9.17) is 16.7 Å². The quantitative estimate of drug-likeness (QED) is 0.621. The maximum Gasteiger partial charge on any atom is 0.303 e. The van der Waals surface area contributed by atoms with Gasteiger partial charge >= 0.3 is 5.97 Å². The van der Waals surface area contributed by atoms with E-state index in [0.29, 0.717) is 21.9 Å². The molecule has 2 N–H and O–H groups in total. The van der Waals surface area contributed by atoms with Gasteiger partial charge in [0.15, 0.2) is 0 Å². The first-order valence-electron chi connectivity index (χ1n) is 7.22. The number of benzene rings is 1. The lowest BCUT2D eigenvalue weighted by Gasteiger charge is -2.08. The molecule has 0 aliphatic carbocycles. The highest BCUT2D eigenvalue weighted by atomic mass is 35.5. The summed E-state index contributed by atoms with van der Waals surface area (Å²) in [6.45, 7) is 1.87. The summed E-state index contributed by atoms with van der Waals surface area (Å²) < 4.78 is 0. The molecule has 0 atom stereocenters. The number of hydrogen-bond acceptors (Lipinski definition) is 4. The summed E-state index contributed by atoms with van der Waals surface area (Å²) in [6.07, 6.45) is 3.08. The van der Waals surface area contributed by atoms with Crippen molar-refractivity contribution in [3.8, 4) is 0 Å². The van der Waals surface area contributed by atoms with Crippen molar-refractivity contribution in [3.63, 3.8) is 0 Å². The molecule has 0 spiro atoms. The summed E-state index contributed by atoms with van der Waals surface area (Å²) in [5.74, 6) is -1.34. The molecule has 1 aromatic carbocycles. The van der Waals surface area contributed by atoms with Crippen LogP contribution in [0.1, 0.15) is 34.3 Å². The van der Waals surface area contributed by atoms with E-state index < -0.39 is 11.9 Å². The van der Waals surface area contributed by atoms with Gasteiger partial charge < -0.3 is 5.11 Å². The molecular weight excluding hydrogens is 330 g/mol. The van der Waals surface area contributed by atoms with Gasteiger partial charge in [-0.25, -0.2) is 5.43 Å². The van der Waals surface area contributed by atoms with Crippen LogP contribution >= 0.6 is 11.6 Å². The number of rotatable bonds is 6. The number of aliphatic carboxylic acids is 1. The summed E-state index contributed by atoms with van der Waals surface area (Å²) in [7, 11) is 0. The van der Waals surface area contributed by atoms with Crippen molar-refractivity contribution in [2.45, 2.75) is 19.8 Å². The van der Waals surface area contributed by atoms with E-state index in [9.17, 15) is 9.59 Å². The van der Waals surface area contributed by atoms with Crippen LogP contribution in [0.3, 0.4) is 0 Å². The number of carboxylic acid groups (broad SMARTS) is 1. The predicted octanol–water partition coefficient (Wildman–Crippen LogP) is 3.04. The highest BCUT2D eigenvalue weighted by molar-refractivity contribution is 6.31. The molecule has 0 saturated heterocycles. The lowest BCUT2D eigenvalue weighted by molar-refractivity contribution is -0.136. The van der Waals surface area contributed by atoms with E-state index in [2.05, 4.69) is 15.5 Å². The number of pyridine rings is 1. The van der Waals surface area contributed by atoms with Gasteiger partial charge in [0.05, 0.1) is 12.1 Å². The Balaban J connectivity index is 2.23. The first-order chi connectivity index (χ1) is 11.5. The number of nitrogens with one attached hydrogen (secondary N) is 1. The number of aromatic nitrogens is 1. The Morgan fingerprint density at radius 2 is 1.88 bits per heavy atom. The van der Waals surface area contributed by atoms with Crippen LogP contribution in [-0.4, -0.2) is 27.7 Å². The van der Waals surface area contributed by atoms with Crippen LogP contribution in [0.15, 0.2) is 47.8 Å². The number of carbonyl (C=O) groups is 2. The van der Waals surface area contributed by atoms with E-state index >= 15 is 0 Å². The van der Waals surface area contributed by atoms with Crippen LogP contribution in [0.4, 0.5) is 0 Å². The highest BCUT2D eigenvalue weighted by Crippen LogP contribution is 2.18. The van der Waals surface area contributed by atoms with E-state index in [0.717, 1.165) is 5.56 Å². The first kappa shape index (κ1) is 17.6. The van der Waals surface area contributed by atoms with E-state index in [1.807, 2.05) is 13.0 Å². The number of carbonyl (C=O) groups excluding carboxylic acids is 1.